The van der Waals surface area contributed by atoms with Crippen LogP contribution in [0, 0.1) is 11.5 Å². The SMILES string of the molecule is CC(C)(C)[Si](C)(C)O[C@@H]1CC[C@H]([O-])/C1=C\C#C[Si](C)(C)C. The normalized spacial score (nSPS) is 25.9. The van der Waals surface area contributed by atoms with E-state index in [0.29, 0.717) is 6.42 Å². The molecule has 0 saturated heterocycles. The monoisotopic (exact) mass is 323 g/mol. The lowest BCUT2D eigenvalue weighted by Gasteiger charge is -2.39. The Morgan fingerprint density at radius 3 is 2.19 bits per heavy atom. The Morgan fingerprint density at radius 1 is 1.14 bits per heavy atom. The van der Waals surface area contributed by atoms with E-state index in [0.717, 1.165) is 12.0 Å². The summed E-state index contributed by atoms with van der Waals surface area (Å²) in [5.41, 5.74) is 4.19. The first kappa shape index (κ1) is 18.7. The Morgan fingerprint density at radius 2 is 1.71 bits per heavy atom. The van der Waals surface area contributed by atoms with Crippen LogP contribution < -0.4 is 5.11 Å². The first-order chi connectivity index (χ1) is 9.33. The molecule has 1 fully saturated rings. The topological polar surface area (TPSA) is 32.3 Å². The highest BCUT2D eigenvalue weighted by Gasteiger charge is 2.40. The minimum atomic E-state index is -1.84. The van der Waals surface area contributed by atoms with E-state index >= 15 is 0 Å². The Hall–Kier alpha value is -0.346. The first-order valence-electron chi connectivity index (χ1n) is 7.90. The van der Waals surface area contributed by atoms with Crippen LogP contribution in [-0.2, 0) is 4.43 Å². The van der Waals surface area contributed by atoms with Crippen molar-refractivity contribution >= 4 is 16.4 Å². The predicted molar refractivity (Wildman–Crippen MR) is 94.3 cm³/mol. The molecule has 1 aliphatic carbocycles. The van der Waals surface area contributed by atoms with Crippen molar-refractivity contribution < 1.29 is 9.53 Å². The van der Waals surface area contributed by atoms with E-state index < -0.39 is 22.5 Å². The lowest BCUT2D eigenvalue weighted by Crippen LogP contribution is -2.44. The molecule has 2 nitrogen and oxygen atoms in total. The van der Waals surface area contributed by atoms with Crippen LogP contribution in [-0.4, -0.2) is 28.6 Å². The number of hydrogen-bond donors (Lipinski definition) is 0. The van der Waals surface area contributed by atoms with Gasteiger partial charge in [-0.3, -0.25) is 0 Å². The van der Waals surface area contributed by atoms with Crippen molar-refractivity contribution in [2.45, 2.75) is 83.6 Å². The summed E-state index contributed by atoms with van der Waals surface area (Å²) in [6.07, 6.45) is 2.75. The summed E-state index contributed by atoms with van der Waals surface area (Å²) in [5.74, 6) is 3.14. The molecule has 0 spiro atoms. The number of allylic oxidation sites excluding steroid dienone is 1. The summed E-state index contributed by atoms with van der Waals surface area (Å²) in [7, 11) is -3.23. The molecule has 1 rings (SSSR count). The second-order valence-electron chi connectivity index (χ2n) is 8.60. The van der Waals surface area contributed by atoms with E-state index in [1.54, 1.807) is 0 Å². The van der Waals surface area contributed by atoms with Gasteiger partial charge in [0, 0.05) is 0 Å². The average molecular weight is 324 g/mol. The number of hydrogen-bond acceptors (Lipinski definition) is 2. The average Bonchev–Trinajstić information content (AvgIpc) is 2.57. The van der Waals surface area contributed by atoms with Crippen molar-refractivity contribution in [2.24, 2.45) is 0 Å². The van der Waals surface area contributed by atoms with E-state index in [1.165, 1.54) is 0 Å². The summed E-state index contributed by atoms with van der Waals surface area (Å²) in [6.45, 7) is 17.8. The van der Waals surface area contributed by atoms with Crippen LogP contribution in [0.2, 0.25) is 37.8 Å². The van der Waals surface area contributed by atoms with E-state index in [1.807, 2.05) is 6.08 Å². The molecule has 1 saturated carbocycles. The van der Waals surface area contributed by atoms with Crippen molar-refractivity contribution in [2.75, 3.05) is 0 Å². The molecule has 2 atom stereocenters. The van der Waals surface area contributed by atoms with Crippen molar-refractivity contribution in [3.8, 4) is 11.5 Å². The third-order valence-electron chi connectivity index (χ3n) is 4.36. The zero-order chi connectivity index (χ0) is 16.5. The van der Waals surface area contributed by atoms with Gasteiger partial charge < -0.3 is 9.53 Å². The smallest absolute Gasteiger partial charge is 0.192 e. The molecule has 0 aromatic carbocycles. The van der Waals surface area contributed by atoms with Gasteiger partial charge in [0.05, 0.1) is 6.10 Å². The Labute approximate surface area is 133 Å². The lowest BCUT2D eigenvalue weighted by atomic mass is 10.1. The van der Waals surface area contributed by atoms with Gasteiger partial charge in [0.15, 0.2) is 8.32 Å². The van der Waals surface area contributed by atoms with Crippen molar-refractivity contribution in [1.82, 2.24) is 0 Å². The Balaban J connectivity index is 2.92. The van der Waals surface area contributed by atoms with Gasteiger partial charge in [-0.15, -0.1) is 11.6 Å². The number of rotatable bonds is 2. The fraction of sp³-hybridized carbons (Fsp3) is 0.765. The van der Waals surface area contributed by atoms with Gasteiger partial charge in [-0.1, -0.05) is 52.8 Å². The molecule has 0 unspecified atom stereocenters. The van der Waals surface area contributed by atoms with E-state index in [9.17, 15) is 5.11 Å². The fourth-order valence-electron chi connectivity index (χ4n) is 2.02. The van der Waals surface area contributed by atoms with Gasteiger partial charge in [-0.25, -0.2) is 0 Å². The molecule has 0 bridgehead atoms. The van der Waals surface area contributed by atoms with E-state index in [-0.39, 0.29) is 11.1 Å². The summed E-state index contributed by atoms with van der Waals surface area (Å²) in [5, 5.41) is 12.3. The van der Waals surface area contributed by atoms with Crippen LogP contribution in [0.25, 0.3) is 0 Å². The molecule has 21 heavy (non-hydrogen) atoms. The standard InChI is InChI=1S/C17H31O2Si2/c1-17(2,3)21(7,8)19-16-12-11-15(18)14(16)10-9-13-20(4,5)6/h10,15-16H,11-12H2,1-8H3/q-1/b14-10+/t15-,16+/m0/s1. The van der Waals surface area contributed by atoms with Crippen LogP contribution >= 0.6 is 0 Å². The van der Waals surface area contributed by atoms with Gasteiger partial charge in [0.25, 0.3) is 0 Å². The molecule has 0 heterocycles. The second kappa shape index (κ2) is 6.41. The highest BCUT2D eigenvalue weighted by Crippen LogP contribution is 2.40. The summed E-state index contributed by atoms with van der Waals surface area (Å²) in [6, 6.07) is 0. The maximum Gasteiger partial charge on any atom is 0.192 e. The molecular formula is C17H31O2Si2-. The van der Waals surface area contributed by atoms with Gasteiger partial charge in [0.2, 0.25) is 0 Å². The quantitative estimate of drug-likeness (QED) is 0.573. The summed E-state index contributed by atoms with van der Waals surface area (Å²) >= 11 is 0. The van der Waals surface area contributed by atoms with Crippen LogP contribution in [0.15, 0.2) is 11.6 Å². The van der Waals surface area contributed by atoms with Crippen molar-refractivity contribution in [1.29, 1.82) is 0 Å². The Kier molecular flexibility index (Phi) is 5.71. The summed E-state index contributed by atoms with van der Waals surface area (Å²) < 4.78 is 6.44. The maximum atomic E-state index is 12.2. The molecule has 0 radical (unpaired) electrons. The molecule has 0 aliphatic heterocycles. The van der Waals surface area contributed by atoms with E-state index in [4.69, 9.17) is 4.43 Å². The van der Waals surface area contributed by atoms with Gasteiger partial charge in [-0.2, -0.15) is 0 Å². The van der Waals surface area contributed by atoms with Crippen LogP contribution in [0.5, 0.6) is 0 Å². The molecule has 0 amide bonds. The molecule has 1 aliphatic rings. The third kappa shape index (κ3) is 5.41. The highest BCUT2D eigenvalue weighted by atomic mass is 28.4. The van der Waals surface area contributed by atoms with Gasteiger partial charge in [0.1, 0.15) is 8.07 Å². The minimum absolute atomic E-state index is 0.00988. The minimum Gasteiger partial charge on any atom is -0.849 e. The largest absolute Gasteiger partial charge is 0.849 e. The molecule has 0 aromatic heterocycles. The van der Waals surface area contributed by atoms with Crippen LogP contribution in [0.3, 0.4) is 0 Å². The third-order valence-corrected chi connectivity index (χ3v) is 9.74. The van der Waals surface area contributed by atoms with Crippen molar-refractivity contribution in [3.05, 3.63) is 11.6 Å². The maximum absolute atomic E-state index is 12.2. The van der Waals surface area contributed by atoms with Crippen LogP contribution in [0.4, 0.5) is 0 Å². The first-order valence-corrected chi connectivity index (χ1v) is 14.3. The van der Waals surface area contributed by atoms with Crippen LogP contribution in [0.1, 0.15) is 33.6 Å². The molecule has 4 heteroatoms. The van der Waals surface area contributed by atoms with E-state index in [2.05, 4.69) is 65.0 Å². The Bertz CT molecular complexity index is 456. The molecular weight excluding hydrogens is 292 g/mol. The van der Waals surface area contributed by atoms with Crippen molar-refractivity contribution in [3.63, 3.8) is 0 Å². The predicted octanol–water partition coefficient (Wildman–Crippen LogP) is 3.71. The molecule has 0 N–H and O–H groups in total. The fourth-order valence-corrected chi connectivity index (χ4v) is 3.85. The van der Waals surface area contributed by atoms with Gasteiger partial charge >= 0.3 is 0 Å². The van der Waals surface area contributed by atoms with Gasteiger partial charge in [-0.05, 0) is 36.2 Å². The summed E-state index contributed by atoms with van der Waals surface area (Å²) in [4.78, 5) is 0. The second-order valence-corrected chi connectivity index (χ2v) is 18.1. The lowest BCUT2D eigenvalue weighted by molar-refractivity contribution is -0.404. The molecule has 0 aromatic rings. The zero-order valence-corrected chi connectivity index (χ0v) is 17.0. The highest BCUT2D eigenvalue weighted by molar-refractivity contribution is 6.83. The zero-order valence-electron chi connectivity index (χ0n) is 15.0. The molecule has 120 valence electrons.